The van der Waals surface area contributed by atoms with Gasteiger partial charge < -0.3 is 9.64 Å². The van der Waals surface area contributed by atoms with Crippen molar-refractivity contribution in [1.82, 2.24) is 10.2 Å². The SMILES string of the molecule is CCC1NC(CC(C)C)C(=O)N1CCOC. The molecule has 94 valence electrons. The fourth-order valence-electron chi connectivity index (χ4n) is 2.18. The third kappa shape index (κ3) is 3.19. The molecule has 2 unspecified atom stereocenters. The van der Waals surface area contributed by atoms with Gasteiger partial charge in [-0.25, -0.2) is 0 Å². The third-order valence-electron chi connectivity index (χ3n) is 2.98. The van der Waals surface area contributed by atoms with Crippen LogP contribution < -0.4 is 5.32 Å². The summed E-state index contributed by atoms with van der Waals surface area (Å²) in [5.41, 5.74) is 0. The first kappa shape index (κ1) is 13.5. The van der Waals surface area contributed by atoms with E-state index in [1.165, 1.54) is 0 Å². The van der Waals surface area contributed by atoms with Crippen LogP contribution in [0.1, 0.15) is 33.6 Å². The third-order valence-corrected chi connectivity index (χ3v) is 2.98. The number of rotatable bonds is 6. The number of carbonyl (C=O) groups is 1. The molecule has 1 amide bonds. The van der Waals surface area contributed by atoms with E-state index >= 15 is 0 Å². The van der Waals surface area contributed by atoms with Crippen molar-refractivity contribution < 1.29 is 9.53 Å². The Morgan fingerprint density at radius 2 is 2.19 bits per heavy atom. The molecule has 2 atom stereocenters. The average Bonchev–Trinajstić information content (AvgIpc) is 2.52. The second kappa shape index (κ2) is 6.21. The Labute approximate surface area is 98.3 Å². The molecule has 16 heavy (non-hydrogen) atoms. The molecular weight excluding hydrogens is 204 g/mol. The van der Waals surface area contributed by atoms with Gasteiger partial charge in [-0.1, -0.05) is 20.8 Å². The molecule has 1 aliphatic heterocycles. The highest BCUT2D eigenvalue weighted by molar-refractivity contribution is 5.84. The molecule has 1 heterocycles. The lowest BCUT2D eigenvalue weighted by Crippen LogP contribution is -2.38. The predicted octanol–water partition coefficient (Wildman–Crippen LogP) is 1.22. The molecule has 4 nitrogen and oxygen atoms in total. The van der Waals surface area contributed by atoms with Crippen LogP contribution in [0.3, 0.4) is 0 Å². The van der Waals surface area contributed by atoms with Gasteiger partial charge in [0.1, 0.15) is 0 Å². The van der Waals surface area contributed by atoms with Crippen molar-refractivity contribution in [3.63, 3.8) is 0 Å². The summed E-state index contributed by atoms with van der Waals surface area (Å²) >= 11 is 0. The molecule has 1 saturated heterocycles. The quantitative estimate of drug-likeness (QED) is 0.743. The number of nitrogens with one attached hydrogen (secondary N) is 1. The minimum absolute atomic E-state index is 0.00167. The van der Waals surface area contributed by atoms with Gasteiger partial charge in [-0.3, -0.25) is 10.1 Å². The normalized spacial score (nSPS) is 25.8. The molecule has 4 heteroatoms. The highest BCUT2D eigenvalue weighted by atomic mass is 16.5. The summed E-state index contributed by atoms with van der Waals surface area (Å²) in [7, 11) is 1.67. The molecule has 0 radical (unpaired) electrons. The number of hydrogen-bond acceptors (Lipinski definition) is 3. The van der Waals surface area contributed by atoms with E-state index in [9.17, 15) is 4.79 Å². The number of amides is 1. The standard InChI is InChI=1S/C12H24N2O2/c1-5-11-13-10(8-9(2)3)12(15)14(11)6-7-16-4/h9-11,13H,5-8H2,1-4H3. The maximum Gasteiger partial charge on any atom is 0.241 e. The zero-order chi connectivity index (χ0) is 12.1. The van der Waals surface area contributed by atoms with E-state index in [4.69, 9.17) is 4.74 Å². The van der Waals surface area contributed by atoms with E-state index in [-0.39, 0.29) is 18.1 Å². The largest absolute Gasteiger partial charge is 0.383 e. The van der Waals surface area contributed by atoms with Crippen molar-refractivity contribution in [2.45, 2.75) is 45.8 Å². The van der Waals surface area contributed by atoms with Gasteiger partial charge in [0.05, 0.1) is 18.8 Å². The number of methoxy groups -OCH3 is 1. The van der Waals surface area contributed by atoms with Crippen LogP contribution in [-0.4, -0.2) is 43.3 Å². The Kier molecular flexibility index (Phi) is 5.22. The van der Waals surface area contributed by atoms with Crippen molar-refractivity contribution in [2.75, 3.05) is 20.3 Å². The summed E-state index contributed by atoms with van der Waals surface area (Å²) in [6, 6.07) is 0.00167. The van der Waals surface area contributed by atoms with E-state index in [1.54, 1.807) is 7.11 Å². The molecule has 0 aromatic carbocycles. The Balaban J connectivity index is 2.58. The molecule has 0 saturated carbocycles. The van der Waals surface area contributed by atoms with Gasteiger partial charge in [0.25, 0.3) is 0 Å². The lowest BCUT2D eigenvalue weighted by Gasteiger charge is -2.22. The molecule has 1 aliphatic rings. The number of ether oxygens (including phenoxy) is 1. The summed E-state index contributed by atoms with van der Waals surface area (Å²) in [5, 5.41) is 3.40. The Morgan fingerprint density at radius 3 is 2.69 bits per heavy atom. The van der Waals surface area contributed by atoms with Crippen LogP contribution in [0.15, 0.2) is 0 Å². The lowest BCUT2D eigenvalue weighted by molar-refractivity contribution is -0.130. The first-order chi connectivity index (χ1) is 7.60. The van der Waals surface area contributed by atoms with Crippen LogP contribution in [0.25, 0.3) is 0 Å². The van der Waals surface area contributed by atoms with Gasteiger partial charge in [0, 0.05) is 13.7 Å². The van der Waals surface area contributed by atoms with Gasteiger partial charge in [-0.15, -0.1) is 0 Å². The summed E-state index contributed by atoms with van der Waals surface area (Å²) < 4.78 is 5.04. The first-order valence-corrected chi connectivity index (χ1v) is 6.15. The molecule has 0 spiro atoms. The summed E-state index contributed by atoms with van der Waals surface area (Å²) in [6.07, 6.45) is 2.05. The van der Waals surface area contributed by atoms with E-state index < -0.39 is 0 Å². The second-order valence-corrected chi connectivity index (χ2v) is 4.80. The summed E-state index contributed by atoms with van der Waals surface area (Å²) in [4.78, 5) is 14.0. The minimum Gasteiger partial charge on any atom is -0.383 e. The van der Waals surface area contributed by atoms with Gasteiger partial charge in [-0.05, 0) is 18.8 Å². The maximum atomic E-state index is 12.1. The van der Waals surface area contributed by atoms with Crippen LogP contribution in [-0.2, 0) is 9.53 Å². The Morgan fingerprint density at radius 1 is 1.50 bits per heavy atom. The van der Waals surface area contributed by atoms with Crippen LogP contribution in [0.4, 0.5) is 0 Å². The monoisotopic (exact) mass is 228 g/mol. The van der Waals surface area contributed by atoms with Crippen molar-refractivity contribution in [2.24, 2.45) is 5.92 Å². The molecule has 1 fully saturated rings. The molecule has 0 aromatic heterocycles. The van der Waals surface area contributed by atoms with Crippen LogP contribution in [0.2, 0.25) is 0 Å². The van der Waals surface area contributed by atoms with Crippen molar-refractivity contribution in [3.8, 4) is 0 Å². The molecule has 1 N–H and O–H groups in total. The fourth-order valence-corrected chi connectivity index (χ4v) is 2.18. The molecule has 0 aromatic rings. The van der Waals surface area contributed by atoms with Gasteiger partial charge in [0.2, 0.25) is 5.91 Å². The van der Waals surface area contributed by atoms with Gasteiger partial charge >= 0.3 is 0 Å². The molecule has 0 bridgehead atoms. The number of nitrogens with zero attached hydrogens (tertiary/aromatic N) is 1. The van der Waals surface area contributed by atoms with E-state index in [0.29, 0.717) is 19.1 Å². The van der Waals surface area contributed by atoms with E-state index in [1.807, 2.05) is 4.90 Å². The van der Waals surface area contributed by atoms with E-state index in [2.05, 4.69) is 26.1 Å². The van der Waals surface area contributed by atoms with Crippen molar-refractivity contribution >= 4 is 5.91 Å². The van der Waals surface area contributed by atoms with E-state index in [0.717, 1.165) is 12.8 Å². The molecule has 1 rings (SSSR count). The van der Waals surface area contributed by atoms with Gasteiger partial charge in [0.15, 0.2) is 0 Å². The van der Waals surface area contributed by atoms with Crippen molar-refractivity contribution in [3.05, 3.63) is 0 Å². The second-order valence-electron chi connectivity index (χ2n) is 4.80. The Hall–Kier alpha value is -0.610. The Bertz CT molecular complexity index is 231. The number of carbonyl (C=O) groups excluding carboxylic acids is 1. The van der Waals surface area contributed by atoms with Crippen LogP contribution in [0.5, 0.6) is 0 Å². The summed E-state index contributed by atoms with van der Waals surface area (Å²) in [5.74, 6) is 0.777. The summed E-state index contributed by atoms with van der Waals surface area (Å²) in [6.45, 7) is 7.69. The first-order valence-electron chi connectivity index (χ1n) is 6.15. The zero-order valence-electron chi connectivity index (χ0n) is 10.8. The predicted molar refractivity (Wildman–Crippen MR) is 64.0 cm³/mol. The van der Waals surface area contributed by atoms with Crippen LogP contribution >= 0.6 is 0 Å². The smallest absolute Gasteiger partial charge is 0.241 e. The topological polar surface area (TPSA) is 41.6 Å². The molecular formula is C12H24N2O2. The van der Waals surface area contributed by atoms with Gasteiger partial charge in [-0.2, -0.15) is 0 Å². The lowest BCUT2D eigenvalue weighted by atomic mass is 10.0. The number of hydrogen-bond donors (Lipinski definition) is 1. The fraction of sp³-hybridized carbons (Fsp3) is 0.917. The van der Waals surface area contributed by atoms with Crippen molar-refractivity contribution in [1.29, 1.82) is 0 Å². The highest BCUT2D eigenvalue weighted by Crippen LogP contribution is 2.18. The minimum atomic E-state index is 0.00167. The maximum absolute atomic E-state index is 12.1. The average molecular weight is 228 g/mol. The zero-order valence-corrected chi connectivity index (χ0v) is 10.8. The van der Waals surface area contributed by atoms with Crippen LogP contribution in [0, 0.1) is 5.92 Å². The highest BCUT2D eigenvalue weighted by Gasteiger charge is 2.37. The molecule has 0 aliphatic carbocycles.